The Morgan fingerprint density at radius 1 is 1.00 bits per heavy atom. The number of carbonyl (C=O) groups is 1. The van der Waals surface area contributed by atoms with Crippen molar-refractivity contribution >= 4 is 27.5 Å². The Hall–Kier alpha value is -2.01. The fraction of sp³-hybridized carbons (Fsp3) is 0.316. The molecule has 0 aromatic heterocycles. The molecular weight excluding hydrogens is 368 g/mol. The summed E-state index contributed by atoms with van der Waals surface area (Å²) in [5.41, 5.74) is 2.37. The van der Waals surface area contributed by atoms with Gasteiger partial charge in [0.25, 0.3) is 5.91 Å². The number of amides is 1. The van der Waals surface area contributed by atoms with Crippen molar-refractivity contribution in [2.24, 2.45) is 0 Å². The number of nitrogens with zero attached hydrogens (tertiary/aromatic N) is 2. The molecule has 0 aliphatic carbocycles. The lowest BCUT2D eigenvalue weighted by Gasteiger charge is -2.36. The lowest BCUT2D eigenvalue weighted by Crippen LogP contribution is -2.50. The summed E-state index contributed by atoms with van der Waals surface area (Å²) in [6.07, 6.45) is 0. The smallest absolute Gasteiger partial charge is 0.260 e. The highest BCUT2D eigenvalue weighted by molar-refractivity contribution is 9.10. The Balaban J connectivity index is 1.48. The third-order valence-corrected chi connectivity index (χ3v) is 4.74. The van der Waals surface area contributed by atoms with Crippen LogP contribution < -0.4 is 9.64 Å². The van der Waals surface area contributed by atoms with Crippen molar-refractivity contribution in [3.63, 3.8) is 0 Å². The van der Waals surface area contributed by atoms with Crippen LogP contribution in [0.1, 0.15) is 5.56 Å². The van der Waals surface area contributed by atoms with Crippen LogP contribution in [0.2, 0.25) is 0 Å². The Morgan fingerprint density at radius 3 is 2.25 bits per heavy atom. The summed E-state index contributed by atoms with van der Waals surface area (Å²) in [6.45, 7) is 5.27. The summed E-state index contributed by atoms with van der Waals surface area (Å²) in [5.74, 6) is 0.786. The van der Waals surface area contributed by atoms with Gasteiger partial charge in [-0.2, -0.15) is 0 Å². The second kappa shape index (κ2) is 7.71. The van der Waals surface area contributed by atoms with Crippen LogP contribution in [0.25, 0.3) is 0 Å². The molecule has 0 atom stereocenters. The summed E-state index contributed by atoms with van der Waals surface area (Å²) in [4.78, 5) is 16.5. The molecule has 4 nitrogen and oxygen atoms in total. The normalized spacial score (nSPS) is 14.6. The first-order chi connectivity index (χ1) is 11.6. The van der Waals surface area contributed by atoms with Crippen molar-refractivity contribution in [3.8, 4) is 5.75 Å². The Kier molecular flexibility index (Phi) is 5.41. The van der Waals surface area contributed by atoms with Gasteiger partial charge in [0.05, 0.1) is 0 Å². The van der Waals surface area contributed by atoms with E-state index in [4.69, 9.17) is 4.74 Å². The predicted octanol–water partition coefficient (Wildman–Crippen LogP) is 3.49. The van der Waals surface area contributed by atoms with Gasteiger partial charge in [0.2, 0.25) is 0 Å². The molecule has 0 saturated carbocycles. The monoisotopic (exact) mass is 388 g/mol. The van der Waals surface area contributed by atoms with E-state index < -0.39 is 0 Å². The van der Waals surface area contributed by atoms with Gasteiger partial charge in [-0.1, -0.05) is 33.6 Å². The number of halogens is 1. The van der Waals surface area contributed by atoms with E-state index in [0.717, 1.165) is 36.4 Å². The first-order valence-corrected chi connectivity index (χ1v) is 8.89. The summed E-state index contributed by atoms with van der Waals surface area (Å²) in [5, 5.41) is 0. The highest BCUT2D eigenvalue weighted by atomic mass is 79.9. The first-order valence-electron chi connectivity index (χ1n) is 8.09. The Morgan fingerprint density at radius 2 is 1.62 bits per heavy atom. The average Bonchev–Trinajstić information content (AvgIpc) is 2.62. The van der Waals surface area contributed by atoms with E-state index in [1.165, 1.54) is 11.3 Å². The SMILES string of the molecule is Cc1ccc(OCC(=O)N2CCN(c3ccc(Br)cc3)CC2)cc1. The van der Waals surface area contributed by atoms with Crippen LogP contribution in [0.15, 0.2) is 53.0 Å². The van der Waals surface area contributed by atoms with Gasteiger partial charge >= 0.3 is 0 Å². The molecule has 1 amide bonds. The topological polar surface area (TPSA) is 32.8 Å². The molecule has 24 heavy (non-hydrogen) atoms. The second-order valence-corrected chi connectivity index (χ2v) is 6.86. The molecule has 1 fully saturated rings. The van der Waals surface area contributed by atoms with Crippen molar-refractivity contribution in [1.29, 1.82) is 0 Å². The zero-order valence-corrected chi connectivity index (χ0v) is 15.3. The molecule has 2 aromatic rings. The average molecular weight is 389 g/mol. The minimum Gasteiger partial charge on any atom is -0.484 e. The lowest BCUT2D eigenvalue weighted by molar-refractivity contribution is -0.133. The van der Waals surface area contributed by atoms with Gasteiger partial charge in [-0.05, 0) is 43.3 Å². The maximum Gasteiger partial charge on any atom is 0.260 e. The number of ether oxygens (including phenoxy) is 1. The van der Waals surface area contributed by atoms with Crippen LogP contribution in [-0.2, 0) is 4.79 Å². The minimum atomic E-state index is 0.0473. The molecular formula is C19H21BrN2O2. The molecule has 1 aliphatic heterocycles. The van der Waals surface area contributed by atoms with E-state index in [2.05, 4.69) is 33.0 Å². The van der Waals surface area contributed by atoms with Gasteiger partial charge < -0.3 is 14.5 Å². The summed E-state index contributed by atoms with van der Waals surface area (Å²) >= 11 is 3.45. The second-order valence-electron chi connectivity index (χ2n) is 5.95. The standard InChI is InChI=1S/C19H21BrN2O2/c1-15-2-8-18(9-3-15)24-14-19(23)22-12-10-21(11-13-22)17-6-4-16(20)5-7-17/h2-9H,10-14H2,1H3. The molecule has 0 radical (unpaired) electrons. The Labute approximate surface area is 151 Å². The fourth-order valence-corrected chi connectivity index (χ4v) is 3.00. The maximum atomic E-state index is 12.3. The van der Waals surface area contributed by atoms with Crippen LogP contribution in [0.3, 0.4) is 0 Å². The maximum absolute atomic E-state index is 12.3. The third-order valence-electron chi connectivity index (χ3n) is 4.21. The summed E-state index contributed by atoms with van der Waals surface area (Å²) in [7, 11) is 0. The summed E-state index contributed by atoms with van der Waals surface area (Å²) < 4.78 is 6.67. The number of aryl methyl sites for hydroxylation is 1. The highest BCUT2D eigenvalue weighted by Gasteiger charge is 2.21. The van der Waals surface area contributed by atoms with Gasteiger partial charge in [-0.25, -0.2) is 0 Å². The zero-order valence-electron chi connectivity index (χ0n) is 13.7. The van der Waals surface area contributed by atoms with E-state index in [0.29, 0.717) is 0 Å². The Bertz CT molecular complexity index is 678. The first kappa shape index (κ1) is 16.8. The van der Waals surface area contributed by atoms with Crippen LogP contribution in [0, 0.1) is 6.92 Å². The molecule has 0 spiro atoms. The number of rotatable bonds is 4. The quantitative estimate of drug-likeness (QED) is 0.803. The van der Waals surface area contributed by atoms with Crippen molar-refractivity contribution in [2.75, 3.05) is 37.7 Å². The van der Waals surface area contributed by atoms with E-state index >= 15 is 0 Å². The molecule has 126 valence electrons. The van der Waals surface area contributed by atoms with Gasteiger partial charge in [0.1, 0.15) is 5.75 Å². The number of anilines is 1. The largest absolute Gasteiger partial charge is 0.484 e. The van der Waals surface area contributed by atoms with Gasteiger partial charge in [-0.15, -0.1) is 0 Å². The van der Waals surface area contributed by atoms with Crippen molar-refractivity contribution in [2.45, 2.75) is 6.92 Å². The van der Waals surface area contributed by atoms with E-state index in [9.17, 15) is 4.79 Å². The number of benzene rings is 2. The molecule has 1 saturated heterocycles. The van der Waals surface area contributed by atoms with Crippen LogP contribution in [-0.4, -0.2) is 43.6 Å². The van der Waals surface area contributed by atoms with Crippen LogP contribution in [0.5, 0.6) is 5.75 Å². The zero-order chi connectivity index (χ0) is 16.9. The molecule has 5 heteroatoms. The van der Waals surface area contributed by atoms with E-state index in [1.807, 2.05) is 48.2 Å². The van der Waals surface area contributed by atoms with Crippen LogP contribution >= 0.6 is 15.9 Å². The van der Waals surface area contributed by atoms with Crippen LogP contribution in [0.4, 0.5) is 5.69 Å². The third kappa shape index (κ3) is 4.29. The fourth-order valence-electron chi connectivity index (χ4n) is 2.74. The number of hydrogen-bond donors (Lipinski definition) is 0. The molecule has 3 rings (SSSR count). The van der Waals surface area contributed by atoms with Crippen molar-refractivity contribution < 1.29 is 9.53 Å². The van der Waals surface area contributed by atoms with Gasteiger partial charge in [0, 0.05) is 36.3 Å². The summed E-state index contributed by atoms with van der Waals surface area (Å²) in [6, 6.07) is 16.0. The van der Waals surface area contributed by atoms with Crippen molar-refractivity contribution in [1.82, 2.24) is 4.90 Å². The molecule has 0 unspecified atom stereocenters. The molecule has 1 aliphatic rings. The minimum absolute atomic E-state index is 0.0473. The van der Waals surface area contributed by atoms with Gasteiger partial charge in [0.15, 0.2) is 6.61 Å². The van der Waals surface area contributed by atoms with Gasteiger partial charge in [-0.3, -0.25) is 4.79 Å². The molecule has 1 heterocycles. The van der Waals surface area contributed by atoms with E-state index in [1.54, 1.807) is 0 Å². The molecule has 0 N–H and O–H groups in total. The number of piperazine rings is 1. The highest BCUT2D eigenvalue weighted by Crippen LogP contribution is 2.20. The molecule has 2 aromatic carbocycles. The number of hydrogen-bond acceptors (Lipinski definition) is 3. The molecule has 0 bridgehead atoms. The lowest BCUT2D eigenvalue weighted by atomic mass is 10.2. The number of carbonyl (C=O) groups excluding carboxylic acids is 1. The van der Waals surface area contributed by atoms with Crippen molar-refractivity contribution in [3.05, 3.63) is 58.6 Å². The van der Waals surface area contributed by atoms with E-state index in [-0.39, 0.29) is 12.5 Å². The predicted molar refractivity (Wildman–Crippen MR) is 99.6 cm³/mol.